The van der Waals surface area contributed by atoms with Gasteiger partial charge in [-0.25, -0.2) is 4.79 Å². The number of halogens is 3. The van der Waals surface area contributed by atoms with Crippen LogP contribution in [-0.4, -0.2) is 87.2 Å². The van der Waals surface area contributed by atoms with Gasteiger partial charge >= 0.3 is 12.2 Å². The number of alkyl halides is 3. The summed E-state index contributed by atoms with van der Waals surface area (Å²) in [5.41, 5.74) is 0. The number of rotatable bonds is 7. The molecule has 2 aliphatic rings. The highest BCUT2D eigenvalue weighted by Gasteiger charge is 2.31. The average molecular weight is 367 g/mol. The zero-order chi connectivity index (χ0) is 18.1. The molecule has 6 nitrogen and oxygen atoms in total. The van der Waals surface area contributed by atoms with Crippen molar-refractivity contribution in [3.05, 3.63) is 0 Å². The summed E-state index contributed by atoms with van der Waals surface area (Å²) in [6.45, 7) is 2.94. The lowest BCUT2D eigenvalue weighted by molar-refractivity contribution is -0.145. The fourth-order valence-corrected chi connectivity index (χ4v) is 3.06. The van der Waals surface area contributed by atoms with Gasteiger partial charge in [-0.2, -0.15) is 13.2 Å². The van der Waals surface area contributed by atoms with Crippen LogP contribution in [0.25, 0.3) is 0 Å². The lowest BCUT2D eigenvalue weighted by Crippen LogP contribution is -2.43. The number of carbonyl (C=O) groups excluding carboxylic acids is 1. The van der Waals surface area contributed by atoms with Crippen molar-refractivity contribution < 1.29 is 27.4 Å². The largest absolute Gasteiger partial charge is 0.401 e. The van der Waals surface area contributed by atoms with Crippen molar-refractivity contribution in [1.29, 1.82) is 0 Å². The van der Waals surface area contributed by atoms with Gasteiger partial charge < -0.3 is 19.7 Å². The van der Waals surface area contributed by atoms with Crippen molar-refractivity contribution in [2.75, 3.05) is 59.1 Å². The first-order valence-electron chi connectivity index (χ1n) is 8.95. The van der Waals surface area contributed by atoms with Crippen molar-refractivity contribution in [1.82, 2.24) is 15.1 Å². The maximum absolute atomic E-state index is 12.4. The molecule has 1 N–H and O–H groups in total. The minimum absolute atomic E-state index is 0.200. The molecule has 9 heteroatoms. The van der Waals surface area contributed by atoms with Crippen molar-refractivity contribution >= 4 is 6.03 Å². The van der Waals surface area contributed by atoms with Gasteiger partial charge in [0.1, 0.15) is 0 Å². The number of nitrogens with one attached hydrogen (secondary N) is 1. The molecule has 2 rings (SSSR count). The highest BCUT2D eigenvalue weighted by molar-refractivity contribution is 5.74. The van der Waals surface area contributed by atoms with E-state index in [1.807, 2.05) is 0 Å². The molecule has 2 aliphatic heterocycles. The van der Waals surface area contributed by atoms with Crippen LogP contribution in [0.1, 0.15) is 25.7 Å². The monoisotopic (exact) mass is 367 g/mol. The van der Waals surface area contributed by atoms with Crippen LogP contribution in [0.15, 0.2) is 0 Å². The van der Waals surface area contributed by atoms with Crippen molar-refractivity contribution in [2.45, 2.75) is 38.0 Å². The molecule has 0 aromatic carbocycles. The summed E-state index contributed by atoms with van der Waals surface area (Å²) in [6, 6.07) is -0.215. The minimum atomic E-state index is -4.19. The van der Waals surface area contributed by atoms with Crippen LogP contribution in [0.4, 0.5) is 18.0 Å². The van der Waals surface area contributed by atoms with Gasteiger partial charge in [-0.15, -0.1) is 0 Å². The third-order valence-corrected chi connectivity index (χ3v) is 4.35. The van der Waals surface area contributed by atoms with Gasteiger partial charge in [0.05, 0.1) is 19.3 Å². The molecule has 2 heterocycles. The third kappa shape index (κ3) is 8.24. The summed E-state index contributed by atoms with van der Waals surface area (Å²) < 4.78 is 48.3. The quantitative estimate of drug-likeness (QED) is 0.698. The standard InChI is InChI=1S/C16H28F3N3O3/c17-16(18,19)13-21-6-3-7-22(9-8-21)15(23)20-5-2-10-24-12-14-4-1-11-25-14/h14H,1-13H2,(H,20,23). The molecule has 2 amide bonds. The fraction of sp³-hybridized carbons (Fsp3) is 0.938. The van der Waals surface area contributed by atoms with E-state index >= 15 is 0 Å². The molecule has 0 aromatic rings. The first kappa shape index (κ1) is 20.3. The van der Waals surface area contributed by atoms with Crippen LogP contribution in [0, 0.1) is 0 Å². The molecule has 2 fully saturated rings. The maximum Gasteiger partial charge on any atom is 0.401 e. The van der Waals surface area contributed by atoms with E-state index in [1.54, 1.807) is 4.90 Å². The van der Waals surface area contributed by atoms with Crippen LogP contribution in [0.5, 0.6) is 0 Å². The third-order valence-electron chi connectivity index (χ3n) is 4.35. The van der Waals surface area contributed by atoms with Gasteiger partial charge in [0.2, 0.25) is 0 Å². The van der Waals surface area contributed by atoms with E-state index in [0.29, 0.717) is 52.2 Å². The zero-order valence-electron chi connectivity index (χ0n) is 14.5. The van der Waals surface area contributed by atoms with Gasteiger partial charge in [-0.05, 0) is 25.7 Å². The van der Waals surface area contributed by atoms with Gasteiger partial charge in [0.15, 0.2) is 0 Å². The molecule has 0 radical (unpaired) electrons. The molecule has 1 unspecified atom stereocenters. The predicted octanol–water partition coefficient (Wildman–Crippen LogP) is 1.85. The lowest BCUT2D eigenvalue weighted by Gasteiger charge is -2.23. The van der Waals surface area contributed by atoms with E-state index < -0.39 is 12.7 Å². The van der Waals surface area contributed by atoms with Crippen molar-refractivity contribution in [3.8, 4) is 0 Å². The molecule has 0 bridgehead atoms. The molecule has 2 saturated heterocycles. The number of hydrogen-bond donors (Lipinski definition) is 1. The summed E-state index contributed by atoms with van der Waals surface area (Å²) in [6.07, 6.45) is -0.620. The van der Waals surface area contributed by atoms with Crippen LogP contribution in [-0.2, 0) is 9.47 Å². The Labute approximate surface area is 146 Å². The first-order valence-corrected chi connectivity index (χ1v) is 8.95. The molecule has 0 aliphatic carbocycles. The summed E-state index contributed by atoms with van der Waals surface area (Å²) in [7, 11) is 0. The van der Waals surface area contributed by atoms with Gasteiger partial charge in [-0.3, -0.25) is 4.90 Å². The predicted molar refractivity (Wildman–Crippen MR) is 86.5 cm³/mol. The SMILES string of the molecule is O=C(NCCCOCC1CCCO1)N1CCCN(CC(F)(F)F)CC1. The van der Waals surface area contributed by atoms with Gasteiger partial charge in [0, 0.05) is 45.9 Å². The first-order chi connectivity index (χ1) is 11.9. The van der Waals surface area contributed by atoms with Crippen LogP contribution in [0.2, 0.25) is 0 Å². The van der Waals surface area contributed by atoms with Crippen LogP contribution >= 0.6 is 0 Å². The number of carbonyl (C=O) groups is 1. The van der Waals surface area contributed by atoms with Crippen LogP contribution < -0.4 is 5.32 Å². The Morgan fingerprint density at radius 1 is 1.20 bits per heavy atom. The Hall–Kier alpha value is -1.06. The highest BCUT2D eigenvalue weighted by Crippen LogP contribution is 2.17. The molecule has 25 heavy (non-hydrogen) atoms. The molecule has 146 valence electrons. The molecule has 0 spiro atoms. The van der Waals surface area contributed by atoms with E-state index in [0.717, 1.165) is 19.4 Å². The average Bonchev–Trinajstić information content (AvgIpc) is 2.95. The lowest BCUT2D eigenvalue weighted by atomic mass is 10.2. The second-order valence-corrected chi connectivity index (χ2v) is 6.53. The Bertz CT molecular complexity index is 404. The summed E-state index contributed by atoms with van der Waals surface area (Å²) in [5.74, 6) is 0. The topological polar surface area (TPSA) is 54.0 Å². The van der Waals surface area contributed by atoms with E-state index in [4.69, 9.17) is 9.47 Å². The van der Waals surface area contributed by atoms with E-state index in [9.17, 15) is 18.0 Å². The molecule has 0 aromatic heterocycles. The number of amides is 2. The number of hydrogen-bond acceptors (Lipinski definition) is 4. The number of nitrogens with zero attached hydrogens (tertiary/aromatic N) is 2. The zero-order valence-corrected chi connectivity index (χ0v) is 14.5. The maximum atomic E-state index is 12.4. The smallest absolute Gasteiger partial charge is 0.379 e. The normalized spacial score (nSPS) is 22.8. The van der Waals surface area contributed by atoms with Gasteiger partial charge in [0.25, 0.3) is 0 Å². The van der Waals surface area contributed by atoms with Crippen molar-refractivity contribution in [2.24, 2.45) is 0 Å². The van der Waals surface area contributed by atoms with Crippen molar-refractivity contribution in [3.63, 3.8) is 0 Å². The second kappa shape index (κ2) is 10.2. The van der Waals surface area contributed by atoms with Gasteiger partial charge in [-0.1, -0.05) is 0 Å². The van der Waals surface area contributed by atoms with E-state index in [2.05, 4.69) is 5.32 Å². The minimum Gasteiger partial charge on any atom is -0.379 e. The second-order valence-electron chi connectivity index (χ2n) is 6.53. The summed E-state index contributed by atoms with van der Waals surface area (Å²) in [5, 5.41) is 2.81. The summed E-state index contributed by atoms with van der Waals surface area (Å²) in [4.78, 5) is 15.0. The van der Waals surface area contributed by atoms with Crippen LogP contribution in [0.3, 0.4) is 0 Å². The fourth-order valence-electron chi connectivity index (χ4n) is 3.06. The molecular formula is C16H28F3N3O3. The molecule has 1 atom stereocenters. The highest BCUT2D eigenvalue weighted by atomic mass is 19.4. The summed E-state index contributed by atoms with van der Waals surface area (Å²) >= 11 is 0. The Morgan fingerprint density at radius 3 is 2.76 bits per heavy atom. The Kier molecular flexibility index (Phi) is 8.25. The Morgan fingerprint density at radius 2 is 2.04 bits per heavy atom. The molecule has 0 saturated carbocycles. The number of urea groups is 1. The van der Waals surface area contributed by atoms with E-state index in [-0.39, 0.29) is 18.7 Å². The Balaban J connectivity index is 1.54. The number of ether oxygens (including phenoxy) is 2. The van der Waals surface area contributed by atoms with E-state index in [1.165, 1.54) is 4.90 Å². The molecular weight excluding hydrogens is 339 g/mol.